The van der Waals surface area contributed by atoms with Crippen LogP contribution in [0.3, 0.4) is 0 Å². The second-order valence-electron chi connectivity index (χ2n) is 9.09. The maximum atomic E-state index is 13.3. The molecule has 0 aromatic heterocycles. The van der Waals surface area contributed by atoms with Crippen molar-refractivity contribution in [3.63, 3.8) is 0 Å². The standard InChI is InChI=1S/C23H35F3Si/c1-2-27-13-11-20(12-14-27)19-9-7-17(8-10-19)5-3-4-6-18-15-21(24)23(26)22(25)16-18/h15-17,19-20,27H,2-14H2,1H3/t17-,19-,20?,27?. The van der Waals surface area contributed by atoms with Crippen molar-refractivity contribution in [3.05, 3.63) is 35.1 Å². The highest BCUT2D eigenvalue weighted by Crippen LogP contribution is 2.41. The zero-order valence-electron chi connectivity index (χ0n) is 16.8. The van der Waals surface area contributed by atoms with E-state index in [1.54, 1.807) is 12.1 Å². The molecule has 2 aliphatic rings. The minimum absolute atomic E-state index is 0.333. The molecule has 1 aromatic rings. The van der Waals surface area contributed by atoms with Crippen LogP contribution in [0, 0.1) is 35.2 Å². The van der Waals surface area contributed by atoms with Gasteiger partial charge in [0.15, 0.2) is 17.5 Å². The van der Waals surface area contributed by atoms with Crippen LogP contribution in [0.15, 0.2) is 12.1 Å². The highest BCUT2D eigenvalue weighted by molar-refractivity contribution is 6.58. The lowest BCUT2D eigenvalue weighted by molar-refractivity contribution is 0.184. The van der Waals surface area contributed by atoms with E-state index >= 15 is 0 Å². The summed E-state index contributed by atoms with van der Waals surface area (Å²) in [6.07, 6.45) is 12.5. The molecule has 0 atom stereocenters. The van der Waals surface area contributed by atoms with E-state index in [4.69, 9.17) is 0 Å². The van der Waals surface area contributed by atoms with Crippen molar-refractivity contribution >= 4 is 8.80 Å². The number of hydrogen-bond acceptors (Lipinski definition) is 0. The Morgan fingerprint density at radius 2 is 1.44 bits per heavy atom. The van der Waals surface area contributed by atoms with Gasteiger partial charge in [-0.1, -0.05) is 63.6 Å². The predicted octanol–water partition coefficient (Wildman–Crippen LogP) is 7.28. The van der Waals surface area contributed by atoms with Crippen LogP contribution in [0.1, 0.15) is 70.3 Å². The molecule has 27 heavy (non-hydrogen) atoms. The zero-order chi connectivity index (χ0) is 19.2. The van der Waals surface area contributed by atoms with Gasteiger partial charge in [-0.05, 0) is 61.1 Å². The third-order valence-electron chi connectivity index (χ3n) is 7.40. The van der Waals surface area contributed by atoms with Gasteiger partial charge in [0.2, 0.25) is 0 Å². The fourth-order valence-corrected chi connectivity index (χ4v) is 8.43. The SMILES string of the molecule is CC[SiH]1CCC([C@H]2CC[C@H](CCCCc3cc(F)c(F)c(F)c3)CC2)CC1. The quantitative estimate of drug-likeness (QED) is 0.258. The molecule has 1 aliphatic carbocycles. The van der Waals surface area contributed by atoms with Crippen molar-refractivity contribution in [2.75, 3.05) is 0 Å². The van der Waals surface area contributed by atoms with Crippen LogP contribution >= 0.6 is 0 Å². The van der Waals surface area contributed by atoms with E-state index in [1.807, 2.05) is 0 Å². The van der Waals surface area contributed by atoms with Crippen molar-refractivity contribution in [1.29, 1.82) is 0 Å². The minimum Gasteiger partial charge on any atom is -0.204 e. The molecule has 0 spiro atoms. The average Bonchev–Trinajstić information content (AvgIpc) is 2.70. The molecule has 1 aromatic carbocycles. The Bertz CT molecular complexity index is 564. The molecule has 0 radical (unpaired) electrons. The van der Waals surface area contributed by atoms with Crippen LogP contribution in [0.4, 0.5) is 13.2 Å². The minimum atomic E-state index is -1.36. The first-order valence-electron chi connectivity index (χ1n) is 11.2. The number of aryl methyl sites for hydroxylation is 1. The van der Waals surface area contributed by atoms with E-state index in [1.165, 1.54) is 51.0 Å². The Balaban J connectivity index is 1.32. The molecular formula is C23H35F3Si. The van der Waals surface area contributed by atoms with Crippen molar-refractivity contribution in [3.8, 4) is 0 Å². The maximum Gasteiger partial charge on any atom is 0.194 e. The summed E-state index contributed by atoms with van der Waals surface area (Å²) in [5.41, 5.74) is 0.571. The first-order chi connectivity index (χ1) is 13.1. The van der Waals surface area contributed by atoms with Gasteiger partial charge in [0.05, 0.1) is 0 Å². The number of unbranched alkanes of at least 4 members (excludes halogenated alkanes) is 1. The summed E-state index contributed by atoms with van der Waals surface area (Å²) in [5.74, 6) is -0.661. The molecule has 1 aliphatic heterocycles. The normalized spacial score (nSPS) is 29.0. The molecule has 1 heterocycles. The summed E-state index contributed by atoms with van der Waals surface area (Å²) in [6, 6.07) is 6.95. The molecule has 0 bridgehead atoms. The smallest absolute Gasteiger partial charge is 0.194 e. The number of rotatable bonds is 7. The molecule has 4 heteroatoms. The predicted molar refractivity (Wildman–Crippen MR) is 109 cm³/mol. The van der Waals surface area contributed by atoms with E-state index in [2.05, 4.69) is 6.92 Å². The Kier molecular flexibility index (Phi) is 7.86. The largest absolute Gasteiger partial charge is 0.204 e. The summed E-state index contributed by atoms with van der Waals surface area (Å²) < 4.78 is 39.5. The summed E-state index contributed by atoms with van der Waals surface area (Å²) in [5, 5.41) is 0. The van der Waals surface area contributed by atoms with E-state index < -0.39 is 17.5 Å². The van der Waals surface area contributed by atoms with Crippen LogP contribution in [-0.4, -0.2) is 8.80 Å². The molecule has 0 N–H and O–H groups in total. The van der Waals surface area contributed by atoms with Gasteiger partial charge in [0.1, 0.15) is 0 Å². The van der Waals surface area contributed by atoms with Crippen molar-refractivity contribution in [1.82, 2.24) is 0 Å². The van der Waals surface area contributed by atoms with Gasteiger partial charge < -0.3 is 0 Å². The topological polar surface area (TPSA) is 0 Å². The third kappa shape index (κ3) is 5.85. The lowest BCUT2D eigenvalue weighted by atomic mass is 9.73. The zero-order valence-corrected chi connectivity index (χ0v) is 17.9. The Labute approximate surface area is 164 Å². The lowest BCUT2D eigenvalue weighted by Gasteiger charge is -2.37. The van der Waals surface area contributed by atoms with Crippen LogP contribution < -0.4 is 0 Å². The van der Waals surface area contributed by atoms with Gasteiger partial charge in [-0.25, -0.2) is 13.2 Å². The lowest BCUT2D eigenvalue weighted by Crippen LogP contribution is -2.28. The van der Waals surface area contributed by atoms with Gasteiger partial charge in [-0.3, -0.25) is 0 Å². The van der Waals surface area contributed by atoms with E-state index in [-0.39, 0.29) is 8.80 Å². The molecule has 0 nitrogen and oxygen atoms in total. The highest BCUT2D eigenvalue weighted by Gasteiger charge is 2.30. The second-order valence-corrected chi connectivity index (χ2v) is 12.8. The molecule has 1 saturated carbocycles. The average molecular weight is 397 g/mol. The van der Waals surface area contributed by atoms with Crippen LogP contribution in [0.5, 0.6) is 0 Å². The monoisotopic (exact) mass is 396 g/mol. The molecule has 2 fully saturated rings. The molecule has 3 rings (SSSR count). The summed E-state index contributed by atoms with van der Waals surface area (Å²) >= 11 is 0. The van der Waals surface area contributed by atoms with E-state index in [0.717, 1.165) is 42.7 Å². The first kappa shape index (κ1) is 20.9. The van der Waals surface area contributed by atoms with E-state index in [9.17, 15) is 13.2 Å². The van der Waals surface area contributed by atoms with Gasteiger partial charge >= 0.3 is 0 Å². The van der Waals surface area contributed by atoms with Gasteiger partial charge in [-0.15, -0.1) is 0 Å². The first-order valence-corrected chi connectivity index (χ1v) is 13.6. The molecule has 0 amide bonds. The fourth-order valence-electron chi connectivity index (χ4n) is 5.53. The highest BCUT2D eigenvalue weighted by atomic mass is 28.3. The molecule has 1 saturated heterocycles. The summed E-state index contributed by atoms with van der Waals surface area (Å²) in [7, 11) is -0.333. The number of hydrogen-bond donors (Lipinski definition) is 0. The van der Waals surface area contributed by atoms with Crippen molar-refractivity contribution < 1.29 is 13.2 Å². The summed E-state index contributed by atoms with van der Waals surface area (Å²) in [6.45, 7) is 2.39. The second kappa shape index (κ2) is 10.1. The Morgan fingerprint density at radius 3 is 2.04 bits per heavy atom. The van der Waals surface area contributed by atoms with Gasteiger partial charge in [0, 0.05) is 8.80 Å². The molecular weight excluding hydrogens is 361 g/mol. The molecule has 152 valence electrons. The van der Waals surface area contributed by atoms with Crippen molar-refractivity contribution in [2.45, 2.75) is 89.3 Å². The van der Waals surface area contributed by atoms with Crippen LogP contribution in [0.2, 0.25) is 18.1 Å². The van der Waals surface area contributed by atoms with E-state index in [0.29, 0.717) is 12.0 Å². The van der Waals surface area contributed by atoms with Gasteiger partial charge in [0.25, 0.3) is 0 Å². The van der Waals surface area contributed by atoms with Crippen LogP contribution in [-0.2, 0) is 6.42 Å². The maximum absolute atomic E-state index is 13.3. The Morgan fingerprint density at radius 1 is 0.852 bits per heavy atom. The fraction of sp³-hybridized carbons (Fsp3) is 0.739. The van der Waals surface area contributed by atoms with Crippen LogP contribution in [0.25, 0.3) is 0 Å². The summed E-state index contributed by atoms with van der Waals surface area (Å²) in [4.78, 5) is 0. The van der Waals surface area contributed by atoms with Gasteiger partial charge in [-0.2, -0.15) is 0 Å². The third-order valence-corrected chi connectivity index (χ3v) is 10.9. The number of benzene rings is 1. The Hall–Kier alpha value is -0.773. The van der Waals surface area contributed by atoms with Crippen molar-refractivity contribution in [2.24, 2.45) is 17.8 Å². The molecule has 0 unspecified atom stereocenters. The number of halogens is 3.